The number of rotatable bonds is 7. The van der Waals surface area contributed by atoms with E-state index < -0.39 is 10.0 Å². The molecule has 0 heterocycles. The molecular weight excluding hydrogens is 366 g/mol. The number of benzene rings is 2. The van der Waals surface area contributed by atoms with Crippen LogP contribution in [-0.2, 0) is 19.6 Å². The normalized spacial score (nSPS) is 10.9. The molecule has 0 aliphatic carbocycles. The van der Waals surface area contributed by atoms with E-state index in [4.69, 9.17) is 0 Å². The van der Waals surface area contributed by atoms with E-state index in [2.05, 4.69) is 10.6 Å². The van der Waals surface area contributed by atoms with Crippen LogP contribution in [0.4, 0.5) is 17.1 Å². The van der Waals surface area contributed by atoms with E-state index in [0.29, 0.717) is 17.1 Å². The van der Waals surface area contributed by atoms with Gasteiger partial charge in [0.15, 0.2) is 0 Å². The third-order valence-electron chi connectivity index (χ3n) is 3.82. The molecule has 2 amide bonds. The first kappa shape index (κ1) is 20.4. The number of para-hydroxylation sites is 1. The maximum Gasteiger partial charge on any atom is 0.232 e. The van der Waals surface area contributed by atoms with Crippen molar-refractivity contribution in [2.24, 2.45) is 0 Å². The van der Waals surface area contributed by atoms with Gasteiger partial charge in [-0.15, -0.1) is 0 Å². The van der Waals surface area contributed by atoms with Crippen LogP contribution in [0.2, 0.25) is 0 Å². The molecule has 2 aromatic carbocycles. The third kappa shape index (κ3) is 6.10. The number of hydrogen-bond acceptors (Lipinski definition) is 4. The summed E-state index contributed by atoms with van der Waals surface area (Å²) < 4.78 is 25.5. The Kier molecular flexibility index (Phi) is 6.57. The third-order valence-corrected chi connectivity index (χ3v) is 5.00. The average Bonchev–Trinajstić information content (AvgIpc) is 2.57. The van der Waals surface area contributed by atoms with Crippen LogP contribution in [0, 0.1) is 6.92 Å². The van der Waals surface area contributed by atoms with Crippen LogP contribution in [0.25, 0.3) is 0 Å². The molecule has 0 aromatic heterocycles. The first-order valence-corrected chi connectivity index (χ1v) is 10.2. The minimum atomic E-state index is -3.51. The predicted octanol–water partition coefficient (Wildman–Crippen LogP) is 2.75. The summed E-state index contributed by atoms with van der Waals surface area (Å²) in [5.74, 6) is -0.478. The largest absolute Gasteiger partial charge is 0.326 e. The van der Waals surface area contributed by atoms with Crippen molar-refractivity contribution in [2.45, 2.75) is 20.3 Å². The van der Waals surface area contributed by atoms with Gasteiger partial charge in [-0.2, -0.15) is 0 Å². The van der Waals surface area contributed by atoms with Gasteiger partial charge in [0.2, 0.25) is 21.8 Å². The van der Waals surface area contributed by atoms with Crippen LogP contribution in [0.3, 0.4) is 0 Å². The lowest BCUT2D eigenvalue weighted by Gasteiger charge is -2.23. The molecule has 0 saturated carbocycles. The Morgan fingerprint density at radius 3 is 2.04 bits per heavy atom. The molecule has 7 nitrogen and oxygen atoms in total. The number of nitrogens with zero attached hydrogens (tertiary/aromatic N) is 1. The summed E-state index contributed by atoms with van der Waals surface area (Å²) in [6.07, 6.45) is 1.13. The van der Waals surface area contributed by atoms with E-state index in [1.54, 1.807) is 36.4 Å². The maximum absolute atomic E-state index is 12.2. The summed E-state index contributed by atoms with van der Waals surface area (Å²) in [5.41, 5.74) is 2.57. The van der Waals surface area contributed by atoms with E-state index in [9.17, 15) is 18.0 Å². The van der Waals surface area contributed by atoms with Crippen molar-refractivity contribution >= 4 is 38.9 Å². The molecule has 144 valence electrons. The maximum atomic E-state index is 12.2. The SMILES string of the molecule is CC(=O)Nc1ccc(NC(=O)CCN(c2ccccc2C)S(C)(=O)=O)cc1. The molecule has 0 aliphatic heterocycles. The summed E-state index contributed by atoms with van der Waals surface area (Å²) in [5, 5.41) is 5.36. The fourth-order valence-electron chi connectivity index (χ4n) is 2.57. The number of anilines is 3. The number of carbonyl (C=O) groups is 2. The second-order valence-corrected chi connectivity index (χ2v) is 8.09. The van der Waals surface area contributed by atoms with Crippen molar-refractivity contribution < 1.29 is 18.0 Å². The fourth-order valence-corrected chi connectivity index (χ4v) is 3.56. The minimum absolute atomic E-state index is 0.00878. The van der Waals surface area contributed by atoms with Crippen LogP contribution in [0.5, 0.6) is 0 Å². The molecule has 2 aromatic rings. The number of carbonyl (C=O) groups excluding carboxylic acids is 2. The van der Waals surface area contributed by atoms with Crippen molar-refractivity contribution in [3.63, 3.8) is 0 Å². The van der Waals surface area contributed by atoms with Gasteiger partial charge in [0, 0.05) is 31.3 Å². The van der Waals surface area contributed by atoms with E-state index in [1.165, 1.54) is 11.2 Å². The van der Waals surface area contributed by atoms with Crippen LogP contribution < -0.4 is 14.9 Å². The lowest BCUT2D eigenvalue weighted by molar-refractivity contribution is -0.116. The van der Waals surface area contributed by atoms with Crippen LogP contribution in [0.15, 0.2) is 48.5 Å². The van der Waals surface area contributed by atoms with Gasteiger partial charge in [-0.1, -0.05) is 18.2 Å². The Balaban J connectivity index is 2.02. The molecule has 2 rings (SSSR count). The van der Waals surface area contributed by atoms with Crippen molar-refractivity contribution in [1.82, 2.24) is 0 Å². The standard InChI is InChI=1S/C19H23N3O4S/c1-14-6-4-5-7-18(14)22(27(3,25)26)13-12-19(24)21-17-10-8-16(9-11-17)20-15(2)23/h4-11H,12-13H2,1-3H3,(H,20,23)(H,21,24). The molecule has 0 aliphatic rings. The van der Waals surface area contributed by atoms with E-state index >= 15 is 0 Å². The zero-order valence-electron chi connectivity index (χ0n) is 15.5. The van der Waals surface area contributed by atoms with Gasteiger partial charge in [0.05, 0.1) is 11.9 Å². The summed E-state index contributed by atoms with van der Waals surface area (Å²) in [6, 6.07) is 13.8. The first-order chi connectivity index (χ1) is 12.7. The van der Waals surface area contributed by atoms with Gasteiger partial charge >= 0.3 is 0 Å². The predicted molar refractivity (Wildman–Crippen MR) is 107 cm³/mol. The second-order valence-electron chi connectivity index (χ2n) is 6.18. The Morgan fingerprint density at radius 2 is 1.52 bits per heavy atom. The number of aryl methyl sites for hydroxylation is 1. The van der Waals surface area contributed by atoms with E-state index in [-0.39, 0.29) is 24.8 Å². The van der Waals surface area contributed by atoms with E-state index in [0.717, 1.165) is 11.8 Å². The Hall–Kier alpha value is -2.87. The van der Waals surface area contributed by atoms with Crippen LogP contribution in [-0.4, -0.2) is 33.0 Å². The van der Waals surface area contributed by atoms with Gasteiger partial charge in [-0.3, -0.25) is 13.9 Å². The monoisotopic (exact) mass is 389 g/mol. The molecule has 0 atom stereocenters. The summed E-state index contributed by atoms with van der Waals surface area (Å²) in [6.45, 7) is 3.28. The highest BCUT2D eigenvalue weighted by atomic mass is 32.2. The van der Waals surface area contributed by atoms with Gasteiger partial charge in [0.1, 0.15) is 0 Å². The molecule has 27 heavy (non-hydrogen) atoms. The number of sulfonamides is 1. The molecule has 0 spiro atoms. The molecule has 0 bridgehead atoms. The zero-order chi connectivity index (χ0) is 20.0. The number of amides is 2. The first-order valence-electron chi connectivity index (χ1n) is 8.37. The van der Waals surface area contributed by atoms with Crippen LogP contribution >= 0.6 is 0 Å². The lowest BCUT2D eigenvalue weighted by atomic mass is 10.2. The highest BCUT2D eigenvalue weighted by Crippen LogP contribution is 2.22. The molecule has 0 saturated heterocycles. The summed E-state index contributed by atoms with van der Waals surface area (Å²) in [7, 11) is -3.51. The molecule has 2 N–H and O–H groups in total. The Bertz CT molecular complexity index is 924. The molecule has 8 heteroatoms. The molecule has 0 unspecified atom stereocenters. The Morgan fingerprint density at radius 1 is 0.963 bits per heavy atom. The topological polar surface area (TPSA) is 95.6 Å². The molecular formula is C19H23N3O4S. The highest BCUT2D eigenvalue weighted by molar-refractivity contribution is 7.92. The quantitative estimate of drug-likeness (QED) is 0.761. The number of hydrogen-bond donors (Lipinski definition) is 2. The fraction of sp³-hybridized carbons (Fsp3) is 0.263. The van der Waals surface area contributed by atoms with Crippen molar-refractivity contribution in [1.29, 1.82) is 0 Å². The van der Waals surface area contributed by atoms with E-state index in [1.807, 2.05) is 19.1 Å². The second kappa shape index (κ2) is 8.68. The van der Waals surface area contributed by atoms with Crippen molar-refractivity contribution in [3.05, 3.63) is 54.1 Å². The van der Waals surface area contributed by atoms with Crippen LogP contribution in [0.1, 0.15) is 18.9 Å². The zero-order valence-corrected chi connectivity index (χ0v) is 16.3. The van der Waals surface area contributed by atoms with Gasteiger partial charge < -0.3 is 10.6 Å². The minimum Gasteiger partial charge on any atom is -0.326 e. The average molecular weight is 389 g/mol. The lowest BCUT2D eigenvalue weighted by Crippen LogP contribution is -2.33. The highest BCUT2D eigenvalue weighted by Gasteiger charge is 2.20. The Labute approximate surface area is 159 Å². The smallest absolute Gasteiger partial charge is 0.232 e. The van der Waals surface area contributed by atoms with Gasteiger partial charge in [-0.05, 0) is 42.8 Å². The van der Waals surface area contributed by atoms with Crippen molar-refractivity contribution in [2.75, 3.05) is 27.7 Å². The molecule has 0 radical (unpaired) electrons. The summed E-state index contributed by atoms with van der Waals surface area (Å²) >= 11 is 0. The summed E-state index contributed by atoms with van der Waals surface area (Å²) in [4.78, 5) is 23.2. The van der Waals surface area contributed by atoms with Gasteiger partial charge in [0.25, 0.3) is 0 Å². The molecule has 0 fully saturated rings. The number of nitrogens with one attached hydrogen (secondary N) is 2. The van der Waals surface area contributed by atoms with Gasteiger partial charge in [-0.25, -0.2) is 8.42 Å². The van der Waals surface area contributed by atoms with Crippen molar-refractivity contribution in [3.8, 4) is 0 Å².